The second-order valence-corrected chi connectivity index (χ2v) is 8.87. The molecule has 6 heteroatoms. The van der Waals surface area contributed by atoms with Gasteiger partial charge in [0.15, 0.2) is 0 Å². The third-order valence-corrected chi connectivity index (χ3v) is 6.93. The molecule has 1 aromatic carbocycles. The van der Waals surface area contributed by atoms with Gasteiger partial charge in [-0.1, -0.05) is 12.1 Å². The smallest absolute Gasteiger partial charge is 0.336 e. The van der Waals surface area contributed by atoms with Crippen LogP contribution in [0.15, 0.2) is 40.5 Å². The average Bonchev–Trinajstić information content (AvgIpc) is 3.32. The van der Waals surface area contributed by atoms with Crippen molar-refractivity contribution in [3.63, 3.8) is 0 Å². The van der Waals surface area contributed by atoms with E-state index in [9.17, 15) is 9.59 Å². The maximum atomic E-state index is 13.3. The van der Waals surface area contributed by atoms with E-state index in [-0.39, 0.29) is 36.3 Å². The predicted octanol–water partition coefficient (Wildman–Crippen LogP) is 4.44. The van der Waals surface area contributed by atoms with Gasteiger partial charge >= 0.3 is 5.97 Å². The Kier molecular flexibility index (Phi) is 7.09. The van der Waals surface area contributed by atoms with Crippen LogP contribution in [0.2, 0.25) is 0 Å². The van der Waals surface area contributed by atoms with Crippen molar-refractivity contribution in [2.24, 2.45) is 10.9 Å². The first kappa shape index (κ1) is 22.7. The number of carbonyl (C=O) groups excluding carboxylic acids is 2. The summed E-state index contributed by atoms with van der Waals surface area (Å²) >= 11 is 0. The maximum Gasteiger partial charge on any atom is 0.336 e. The summed E-state index contributed by atoms with van der Waals surface area (Å²) < 4.78 is 11.3. The second-order valence-electron chi connectivity index (χ2n) is 8.87. The minimum absolute atomic E-state index is 0.0365. The molecule has 0 bridgehead atoms. The summed E-state index contributed by atoms with van der Waals surface area (Å²) in [5, 5.41) is 0. The fourth-order valence-electron chi connectivity index (χ4n) is 5.25. The first-order valence-corrected chi connectivity index (χ1v) is 12.0. The van der Waals surface area contributed by atoms with Gasteiger partial charge < -0.3 is 14.4 Å². The molecule has 3 aliphatic rings. The second kappa shape index (κ2) is 9.99. The number of aliphatic imine (C=N–C) groups is 1. The van der Waals surface area contributed by atoms with Crippen molar-refractivity contribution in [3.05, 3.63) is 41.1 Å². The van der Waals surface area contributed by atoms with Gasteiger partial charge in [0.05, 0.1) is 17.6 Å². The van der Waals surface area contributed by atoms with Gasteiger partial charge in [-0.2, -0.15) is 0 Å². The minimum Gasteiger partial charge on any atom is -0.460 e. The number of ether oxygens (including phenoxy) is 2. The molecule has 4 rings (SSSR count). The summed E-state index contributed by atoms with van der Waals surface area (Å²) in [4.78, 5) is 33.3. The Labute approximate surface area is 190 Å². The molecular formula is C26H34N2O4. The minimum atomic E-state index is -0.378. The number of nitrogens with zero attached hydrogens (tertiary/aromatic N) is 2. The number of esters is 1. The first-order valence-electron chi connectivity index (χ1n) is 12.0. The summed E-state index contributed by atoms with van der Waals surface area (Å²) in [5.74, 6) is -0.933. The Morgan fingerprint density at radius 3 is 2.53 bits per heavy atom. The van der Waals surface area contributed by atoms with Gasteiger partial charge in [-0.3, -0.25) is 9.79 Å². The zero-order chi connectivity index (χ0) is 22.7. The summed E-state index contributed by atoms with van der Waals surface area (Å²) in [7, 11) is 0. The van der Waals surface area contributed by atoms with Crippen LogP contribution in [0.3, 0.4) is 0 Å². The zero-order valence-corrected chi connectivity index (χ0v) is 19.4. The van der Waals surface area contributed by atoms with Crippen molar-refractivity contribution >= 4 is 23.2 Å². The highest BCUT2D eigenvalue weighted by atomic mass is 16.6. The van der Waals surface area contributed by atoms with E-state index in [1.54, 1.807) is 0 Å². The molecule has 0 radical (unpaired) electrons. The van der Waals surface area contributed by atoms with E-state index in [1.165, 1.54) is 0 Å². The summed E-state index contributed by atoms with van der Waals surface area (Å²) in [6, 6.07) is 8.30. The molecule has 2 heterocycles. The highest BCUT2D eigenvalue weighted by Crippen LogP contribution is 2.43. The lowest BCUT2D eigenvalue weighted by Crippen LogP contribution is -2.39. The molecule has 0 spiro atoms. The number of ketones is 1. The molecule has 1 saturated heterocycles. The van der Waals surface area contributed by atoms with Crippen LogP contribution in [0.4, 0.5) is 5.69 Å². The number of carbonyl (C=O) groups is 2. The van der Waals surface area contributed by atoms with Crippen LogP contribution < -0.4 is 4.90 Å². The van der Waals surface area contributed by atoms with Crippen molar-refractivity contribution in [2.45, 2.75) is 64.9 Å². The first-order chi connectivity index (χ1) is 15.5. The fourth-order valence-corrected chi connectivity index (χ4v) is 5.25. The van der Waals surface area contributed by atoms with Crippen LogP contribution in [0, 0.1) is 5.92 Å². The van der Waals surface area contributed by atoms with Crippen molar-refractivity contribution in [1.82, 2.24) is 0 Å². The van der Waals surface area contributed by atoms with Crippen molar-refractivity contribution < 1.29 is 19.1 Å². The number of anilines is 1. The molecule has 0 amide bonds. The molecular weight excluding hydrogens is 404 g/mol. The molecule has 172 valence electrons. The van der Waals surface area contributed by atoms with E-state index in [0.29, 0.717) is 17.7 Å². The Morgan fingerprint density at radius 2 is 1.88 bits per heavy atom. The lowest BCUT2D eigenvalue weighted by atomic mass is 9.69. The van der Waals surface area contributed by atoms with E-state index < -0.39 is 0 Å². The summed E-state index contributed by atoms with van der Waals surface area (Å²) in [6.45, 7) is 8.96. The summed E-state index contributed by atoms with van der Waals surface area (Å²) in [5.41, 5.74) is 4.20. The Morgan fingerprint density at radius 1 is 1.12 bits per heavy atom. The number of rotatable bonds is 7. The number of hydrogen-bond acceptors (Lipinski definition) is 6. The van der Waals surface area contributed by atoms with Gasteiger partial charge in [0, 0.05) is 49.1 Å². The monoisotopic (exact) mass is 438 g/mol. The number of allylic oxidation sites excluding steroid dienone is 1. The largest absolute Gasteiger partial charge is 0.460 e. The highest BCUT2D eigenvalue weighted by molar-refractivity contribution is 6.11. The lowest BCUT2D eigenvalue weighted by Gasteiger charge is -2.36. The zero-order valence-electron chi connectivity index (χ0n) is 19.4. The molecule has 1 aromatic rings. The van der Waals surface area contributed by atoms with Gasteiger partial charge in [0.2, 0.25) is 0 Å². The van der Waals surface area contributed by atoms with Crippen molar-refractivity contribution in [2.75, 3.05) is 31.2 Å². The molecule has 32 heavy (non-hydrogen) atoms. The number of Topliss-reactive ketones (excluding diaryl/α,β-unsaturated/α-hetero) is 1. The normalized spacial score (nSPS) is 25.4. The molecule has 3 atom stereocenters. The van der Waals surface area contributed by atoms with Gasteiger partial charge in [-0.05, 0) is 64.2 Å². The van der Waals surface area contributed by atoms with E-state index >= 15 is 0 Å². The standard InChI is InChI=1S/C26H34N2O4/c1-4-28(5-2)19-13-11-18(12-14-19)24-23(26(30)32-16-20-8-7-15-31-20)17(3)27-21-9-6-10-22(29)25(21)24/h11-14,20,24-25H,4-10,15-16H2,1-3H3/t20-,24-,25?/m0/s1. The molecule has 0 aromatic heterocycles. The fraction of sp³-hybridized carbons (Fsp3) is 0.577. The van der Waals surface area contributed by atoms with Gasteiger partial charge in [0.1, 0.15) is 12.4 Å². The third kappa shape index (κ3) is 4.51. The molecule has 1 aliphatic carbocycles. The maximum absolute atomic E-state index is 13.3. The van der Waals surface area contributed by atoms with E-state index in [2.05, 4.69) is 43.0 Å². The van der Waals surface area contributed by atoms with Crippen LogP contribution in [0.1, 0.15) is 64.4 Å². The van der Waals surface area contributed by atoms with E-state index in [1.807, 2.05) is 6.92 Å². The summed E-state index contributed by atoms with van der Waals surface area (Å²) in [6.07, 6.45) is 4.04. The molecule has 2 aliphatic heterocycles. The number of hydrogen-bond donors (Lipinski definition) is 0. The molecule has 6 nitrogen and oxygen atoms in total. The molecule has 1 unspecified atom stereocenters. The SMILES string of the molecule is CCN(CC)c1ccc([C@H]2C(C(=O)OC[C@@H]3CCCO3)=C(C)N=C3CCCC(=O)C32)cc1. The average molecular weight is 439 g/mol. The van der Waals surface area contributed by atoms with Crippen LogP contribution in [0.5, 0.6) is 0 Å². The molecule has 2 fully saturated rings. The number of fused-ring (bicyclic) bond motifs is 1. The van der Waals surface area contributed by atoms with Crippen LogP contribution in [-0.2, 0) is 19.1 Å². The Bertz CT molecular complexity index is 908. The van der Waals surface area contributed by atoms with Crippen LogP contribution >= 0.6 is 0 Å². The van der Waals surface area contributed by atoms with Crippen molar-refractivity contribution in [1.29, 1.82) is 0 Å². The van der Waals surface area contributed by atoms with Gasteiger partial charge in [-0.15, -0.1) is 0 Å². The Hall–Kier alpha value is -2.47. The van der Waals surface area contributed by atoms with Gasteiger partial charge in [-0.25, -0.2) is 4.79 Å². The number of benzene rings is 1. The molecule has 0 N–H and O–H groups in total. The lowest BCUT2D eigenvalue weighted by molar-refractivity contribution is -0.142. The highest BCUT2D eigenvalue weighted by Gasteiger charge is 2.43. The molecule has 1 saturated carbocycles. The van der Waals surface area contributed by atoms with Gasteiger partial charge in [0.25, 0.3) is 0 Å². The van der Waals surface area contributed by atoms with Crippen molar-refractivity contribution in [3.8, 4) is 0 Å². The Balaban J connectivity index is 1.67. The topological polar surface area (TPSA) is 68.2 Å². The van der Waals surface area contributed by atoms with E-state index in [4.69, 9.17) is 14.5 Å². The van der Waals surface area contributed by atoms with Crippen LogP contribution in [-0.4, -0.2) is 49.9 Å². The van der Waals surface area contributed by atoms with E-state index in [0.717, 1.165) is 62.3 Å². The predicted molar refractivity (Wildman–Crippen MR) is 125 cm³/mol. The quantitative estimate of drug-likeness (QED) is 0.589. The van der Waals surface area contributed by atoms with Crippen LogP contribution in [0.25, 0.3) is 0 Å². The third-order valence-electron chi connectivity index (χ3n) is 6.93.